The topological polar surface area (TPSA) is 26.3 Å². The molecule has 0 saturated heterocycles. The Hall–Kier alpha value is -0.530. The Kier molecular flexibility index (Phi) is 7.23. The van der Waals surface area contributed by atoms with Gasteiger partial charge in [0.1, 0.15) is 6.10 Å². The molecular weight excluding hydrogens is 260 g/mol. The first-order valence-electron chi connectivity index (χ1n) is 8.99. The minimum Gasteiger partial charge on any atom is -0.462 e. The second-order valence-corrected chi connectivity index (χ2v) is 8.11. The summed E-state index contributed by atoms with van der Waals surface area (Å²) >= 11 is 0. The zero-order valence-electron chi connectivity index (χ0n) is 15.1. The molecule has 0 bridgehead atoms. The lowest BCUT2D eigenvalue weighted by Crippen LogP contribution is -2.39. The summed E-state index contributed by atoms with van der Waals surface area (Å²) in [4.78, 5) is 12.6. The van der Waals surface area contributed by atoms with E-state index in [1.54, 1.807) is 0 Å². The summed E-state index contributed by atoms with van der Waals surface area (Å²) in [6.07, 6.45) is 8.10. The fourth-order valence-corrected chi connectivity index (χ4v) is 3.47. The lowest BCUT2D eigenvalue weighted by molar-refractivity contribution is -0.167. The molecule has 1 saturated carbocycles. The number of hydrogen-bond acceptors (Lipinski definition) is 2. The van der Waals surface area contributed by atoms with Crippen LogP contribution >= 0.6 is 0 Å². The molecule has 0 heterocycles. The first-order valence-corrected chi connectivity index (χ1v) is 8.99. The lowest BCUT2D eigenvalue weighted by Gasteiger charge is -2.38. The Morgan fingerprint density at radius 1 is 1.24 bits per heavy atom. The van der Waals surface area contributed by atoms with Crippen LogP contribution in [0, 0.1) is 23.2 Å². The van der Waals surface area contributed by atoms with Crippen molar-refractivity contribution in [3.8, 4) is 0 Å². The number of rotatable bonds is 7. The van der Waals surface area contributed by atoms with E-state index in [0.717, 1.165) is 19.3 Å². The second kappa shape index (κ2) is 8.19. The van der Waals surface area contributed by atoms with Gasteiger partial charge in [-0.2, -0.15) is 0 Å². The molecule has 124 valence electrons. The van der Waals surface area contributed by atoms with Crippen LogP contribution in [0.1, 0.15) is 86.5 Å². The molecular formula is C19H36O2. The fourth-order valence-electron chi connectivity index (χ4n) is 3.47. The predicted molar refractivity (Wildman–Crippen MR) is 89.1 cm³/mol. The number of hydrogen-bond donors (Lipinski definition) is 0. The van der Waals surface area contributed by atoms with Gasteiger partial charge in [0.05, 0.1) is 5.41 Å². The predicted octanol–water partition coefficient (Wildman–Crippen LogP) is 5.60. The first-order chi connectivity index (χ1) is 9.77. The maximum absolute atomic E-state index is 12.6. The zero-order valence-corrected chi connectivity index (χ0v) is 15.1. The summed E-state index contributed by atoms with van der Waals surface area (Å²) in [7, 11) is 0. The van der Waals surface area contributed by atoms with Crippen LogP contribution in [-0.2, 0) is 9.53 Å². The van der Waals surface area contributed by atoms with Crippen molar-refractivity contribution >= 4 is 5.97 Å². The normalized spacial score (nSPS) is 26.9. The summed E-state index contributed by atoms with van der Waals surface area (Å²) in [6.45, 7) is 13.1. The van der Waals surface area contributed by atoms with Gasteiger partial charge in [-0.05, 0) is 50.9 Å². The van der Waals surface area contributed by atoms with E-state index in [4.69, 9.17) is 4.74 Å². The number of ether oxygens (including phenoxy) is 1. The molecule has 2 heteroatoms. The van der Waals surface area contributed by atoms with E-state index in [1.165, 1.54) is 25.7 Å². The van der Waals surface area contributed by atoms with E-state index in [-0.39, 0.29) is 17.5 Å². The quantitative estimate of drug-likeness (QED) is 0.451. The fraction of sp³-hybridized carbons (Fsp3) is 0.947. The van der Waals surface area contributed by atoms with Gasteiger partial charge in [0.25, 0.3) is 0 Å². The molecule has 0 N–H and O–H groups in total. The van der Waals surface area contributed by atoms with Gasteiger partial charge in [-0.15, -0.1) is 0 Å². The van der Waals surface area contributed by atoms with Crippen molar-refractivity contribution in [2.75, 3.05) is 0 Å². The van der Waals surface area contributed by atoms with Gasteiger partial charge in [-0.3, -0.25) is 4.79 Å². The van der Waals surface area contributed by atoms with Crippen molar-refractivity contribution in [2.45, 2.75) is 92.6 Å². The molecule has 2 nitrogen and oxygen atoms in total. The largest absolute Gasteiger partial charge is 0.462 e. The maximum Gasteiger partial charge on any atom is 0.311 e. The summed E-state index contributed by atoms with van der Waals surface area (Å²) in [5.74, 6) is 1.83. The summed E-state index contributed by atoms with van der Waals surface area (Å²) in [5.41, 5.74) is -0.336. The second-order valence-electron chi connectivity index (χ2n) is 8.11. The average molecular weight is 296 g/mol. The Balaban J connectivity index is 2.61. The summed E-state index contributed by atoms with van der Waals surface area (Å²) in [6, 6.07) is 0. The highest BCUT2D eigenvalue weighted by Gasteiger charge is 2.37. The standard InChI is InChI=1S/C19H36O2/c1-7-8-9-12-19(5,6)18(20)21-17-13-15(4)10-11-16(17)14(2)3/h14-17H,7-13H2,1-6H3/t15-,16+,17-/m1/s1. The van der Waals surface area contributed by atoms with Crippen LogP contribution < -0.4 is 0 Å². The third kappa shape index (κ3) is 5.64. The Morgan fingerprint density at radius 3 is 2.48 bits per heavy atom. The molecule has 0 aromatic carbocycles. The van der Waals surface area contributed by atoms with Gasteiger partial charge in [0, 0.05) is 0 Å². The molecule has 21 heavy (non-hydrogen) atoms. The van der Waals surface area contributed by atoms with E-state index in [1.807, 2.05) is 13.8 Å². The minimum absolute atomic E-state index is 0.0170. The van der Waals surface area contributed by atoms with E-state index in [9.17, 15) is 4.79 Å². The van der Waals surface area contributed by atoms with Crippen molar-refractivity contribution in [3.05, 3.63) is 0 Å². The van der Waals surface area contributed by atoms with Gasteiger partial charge in [-0.1, -0.05) is 53.4 Å². The molecule has 0 unspecified atom stereocenters. The number of carbonyl (C=O) groups excluding carboxylic acids is 1. The van der Waals surface area contributed by atoms with Gasteiger partial charge in [-0.25, -0.2) is 0 Å². The van der Waals surface area contributed by atoms with Gasteiger partial charge < -0.3 is 4.74 Å². The molecule has 1 aliphatic rings. The van der Waals surface area contributed by atoms with Crippen molar-refractivity contribution < 1.29 is 9.53 Å². The van der Waals surface area contributed by atoms with Crippen molar-refractivity contribution in [1.29, 1.82) is 0 Å². The zero-order chi connectivity index (χ0) is 16.0. The Morgan fingerprint density at radius 2 is 1.90 bits per heavy atom. The molecule has 0 aromatic rings. The van der Waals surface area contributed by atoms with Crippen LogP contribution in [0.25, 0.3) is 0 Å². The number of esters is 1. The third-order valence-electron chi connectivity index (χ3n) is 5.18. The summed E-state index contributed by atoms with van der Waals surface area (Å²) < 4.78 is 5.99. The van der Waals surface area contributed by atoms with Gasteiger partial charge >= 0.3 is 5.97 Å². The highest BCUT2D eigenvalue weighted by molar-refractivity contribution is 5.76. The first kappa shape index (κ1) is 18.5. The van der Waals surface area contributed by atoms with Crippen LogP contribution in [0.3, 0.4) is 0 Å². The third-order valence-corrected chi connectivity index (χ3v) is 5.18. The highest BCUT2D eigenvalue weighted by Crippen LogP contribution is 2.37. The van der Waals surface area contributed by atoms with Crippen LogP contribution in [0.5, 0.6) is 0 Å². The van der Waals surface area contributed by atoms with Crippen LogP contribution in [0.15, 0.2) is 0 Å². The SMILES string of the molecule is CCCCCC(C)(C)C(=O)O[C@@H]1C[C@H](C)CC[C@H]1C(C)C. The van der Waals surface area contributed by atoms with E-state index >= 15 is 0 Å². The van der Waals surface area contributed by atoms with E-state index < -0.39 is 0 Å². The Bertz CT molecular complexity index is 320. The molecule has 0 radical (unpaired) electrons. The van der Waals surface area contributed by atoms with Crippen molar-refractivity contribution in [2.24, 2.45) is 23.2 Å². The molecule has 0 spiro atoms. The van der Waals surface area contributed by atoms with E-state index in [2.05, 4.69) is 27.7 Å². The smallest absolute Gasteiger partial charge is 0.311 e. The van der Waals surface area contributed by atoms with Crippen molar-refractivity contribution in [3.63, 3.8) is 0 Å². The molecule has 1 fully saturated rings. The van der Waals surface area contributed by atoms with Gasteiger partial charge in [0.15, 0.2) is 0 Å². The van der Waals surface area contributed by atoms with Crippen LogP contribution in [-0.4, -0.2) is 12.1 Å². The molecule has 3 atom stereocenters. The monoisotopic (exact) mass is 296 g/mol. The maximum atomic E-state index is 12.6. The highest BCUT2D eigenvalue weighted by atomic mass is 16.5. The van der Waals surface area contributed by atoms with Crippen LogP contribution in [0.2, 0.25) is 0 Å². The summed E-state index contributed by atoms with van der Waals surface area (Å²) in [5, 5.41) is 0. The van der Waals surface area contributed by atoms with Crippen LogP contribution in [0.4, 0.5) is 0 Å². The number of unbranched alkanes of at least 4 members (excludes halogenated alkanes) is 2. The molecule has 0 aliphatic heterocycles. The average Bonchev–Trinajstić information content (AvgIpc) is 2.38. The van der Waals surface area contributed by atoms with Crippen molar-refractivity contribution in [1.82, 2.24) is 0 Å². The lowest BCUT2D eigenvalue weighted by atomic mass is 9.75. The van der Waals surface area contributed by atoms with E-state index in [0.29, 0.717) is 17.8 Å². The Labute approximate surface area is 132 Å². The minimum atomic E-state index is -0.336. The van der Waals surface area contributed by atoms with Gasteiger partial charge in [0.2, 0.25) is 0 Å². The molecule has 1 rings (SSSR count). The molecule has 0 aromatic heterocycles. The molecule has 1 aliphatic carbocycles. The molecule has 0 amide bonds. The number of carbonyl (C=O) groups is 1.